The summed E-state index contributed by atoms with van der Waals surface area (Å²) in [6, 6.07) is 15.3. The average molecular weight is 441 g/mol. The Balaban J connectivity index is 1.72. The molecule has 0 atom stereocenters. The predicted molar refractivity (Wildman–Crippen MR) is 122 cm³/mol. The van der Waals surface area contributed by atoms with Crippen LogP contribution in [0.1, 0.15) is 29.8 Å². The number of aromatic hydroxyl groups is 1. The van der Waals surface area contributed by atoms with Crippen molar-refractivity contribution in [3.05, 3.63) is 65.5 Å². The van der Waals surface area contributed by atoms with Crippen molar-refractivity contribution in [3.8, 4) is 11.4 Å². The molecule has 1 aromatic heterocycles. The molecule has 3 aromatic rings. The van der Waals surface area contributed by atoms with Crippen LogP contribution in [0.4, 0.5) is 0 Å². The highest BCUT2D eigenvalue weighted by atomic mass is 32.2. The molecule has 164 valence electrons. The first-order valence-corrected chi connectivity index (χ1v) is 11.2. The van der Waals surface area contributed by atoms with Crippen LogP contribution in [-0.4, -0.2) is 46.0 Å². The molecule has 0 bridgehead atoms. The Kier molecular flexibility index (Phi) is 8.49. The summed E-state index contributed by atoms with van der Waals surface area (Å²) in [5.74, 6) is 1.65. The standard InChI is InChI=1S/C23H28N4O3S/c1-17-5-3-6-18(15-17)16-31-23-26-25-21(11-12-22(29)24-13-4-14-30-2)27(23)19-7-9-20(28)10-8-19/h3,5-10,15,28H,4,11-14,16H2,1-2H3,(H,24,29). The third-order valence-corrected chi connectivity index (χ3v) is 5.68. The first-order chi connectivity index (χ1) is 15.1. The lowest BCUT2D eigenvalue weighted by Crippen LogP contribution is -2.25. The molecule has 0 unspecified atom stereocenters. The molecule has 31 heavy (non-hydrogen) atoms. The van der Waals surface area contributed by atoms with Gasteiger partial charge in [0.1, 0.15) is 11.6 Å². The van der Waals surface area contributed by atoms with Crippen LogP contribution in [0, 0.1) is 6.92 Å². The fourth-order valence-corrected chi connectivity index (χ4v) is 4.04. The number of phenols is 1. The molecule has 0 spiro atoms. The van der Waals surface area contributed by atoms with Crippen LogP contribution in [0.25, 0.3) is 5.69 Å². The lowest BCUT2D eigenvalue weighted by atomic mass is 10.2. The monoisotopic (exact) mass is 440 g/mol. The highest BCUT2D eigenvalue weighted by molar-refractivity contribution is 7.98. The first-order valence-electron chi connectivity index (χ1n) is 10.2. The molecule has 2 aromatic carbocycles. The van der Waals surface area contributed by atoms with Gasteiger partial charge >= 0.3 is 0 Å². The summed E-state index contributed by atoms with van der Waals surface area (Å²) in [7, 11) is 1.65. The Morgan fingerprint density at radius 2 is 2.00 bits per heavy atom. The number of hydrogen-bond donors (Lipinski definition) is 2. The van der Waals surface area contributed by atoms with E-state index in [0.717, 1.165) is 23.0 Å². The van der Waals surface area contributed by atoms with E-state index in [1.807, 2.05) is 22.8 Å². The molecule has 1 heterocycles. The zero-order valence-corrected chi connectivity index (χ0v) is 18.7. The summed E-state index contributed by atoms with van der Waals surface area (Å²) in [5, 5.41) is 22.0. The summed E-state index contributed by atoms with van der Waals surface area (Å²) >= 11 is 1.59. The van der Waals surface area contributed by atoms with Crippen LogP contribution in [0.5, 0.6) is 5.75 Å². The number of ether oxygens (including phenoxy) is 1. The Bertz CT molecular complexity index is 989. The van der Waals surface area contributed by atoms with E-state index in [2.05, 4.69) is 40.6 Å². The number of carbonyl (C=O) groups is 1. The predicted octanol–water partition coefficient (Wildman–Crippen LogP) is 3.66. The fourth-order valence-electron chi connectivity index (χ4n) is 3.12. The summed E-state index contributed by atoms with van der Waals surface area (Å²) in [5.41, 5.74) is 3.28. The molecule has 0 saturated heterocycles. The highest BCUT2D eigenvalue weighted by Gasteiger charge is 2.16. The van der Waals surface area contributed by atoms with Gasteiger partial charge in [-0.15, -0.1) is 10.2 Å². The van der Waals surface area contributed by atoms with Gasteiger partial charge in [0.2, 0.25) is 5.91 Å². The number of hydrogen-bond acceptors (Lipinski definition) is 6. The SMILES string of the molecule is COCCCNC(=O)CCc1nnc(SCc2cccc(C)c2)n1-c1ccc(O)cc1. The maximum Gasteiger partial charge on any atom is 0.220 e. The van der Waals surface area contributed by atoms with Crippen LogP contribution in [0.3, 0.4) is 0 Å². The number of carbonyl (C=O) groups excluding carboxylic acids is 1. The summed E-state index contributed by atoms with van der Waals surface area (Å²) < 4.78 is 6.95. The van der Waals surface area contributed by atoms with Crippen LogP contribution in [0.15, 0.2) is 53.7 Å². The van der Waals surface area contributed by atoms with Crippen LogP contribution in [0.2, 0.25) is 0 Å². The quantitative estimate of drug-likeness (QED) is 0.349. The van der Waals surface area contributed by atoms with E-state index in [0.29, 0.717) is 31.8 Å². The average Bonchev–Trinajstić information content (AvgIpc) is 3.17. The molecule has 0 aliphatic heterocycles. The highest BCUT2D eigenvalue weighted by Crippen LogP contribution is 2.27. The molecule has 1 amide bonds. The van der Waals surface area contributed by atoms with E-state index in [4.69, 9.17) is 4.74 Å². The van der Waals surface area contributed by atoms with Gasteiger partial charge in [-0.1, -0.05) is 41.6 Å². The van der Waals surface area contributed by atoms with Crippen LogP contribution < -0.4 is 5.32 Å². The molecule has 2 N–H and O–H groups in total. The number of nitrogens with zero attached hydrogens (tertiary/aromatic N) is 3. The molecular weight excluding hydrogens is 412 g/mol. The zero-order valence-electron chi connectivity index (χ0n) is 17.9. The van der Waals surface area contributed by atoms with Crippen molar-refractivity contribution in [2.45, 2.75) is 37.1 Å². The number of nitrogens with one attached hydrogen (secondary N) is 1. The van der Waals surface area contributed by atoms with Crippen molar-refractivity contribution in [2.75, 3.05) is 20.3 Å². The lowest BCUT2D eigenvalue weighted by molar-refractivity contribution is -0.121. The van der Waals surface area contributed by atoms with Gasteiger partial charge in [0, 0.05) is 44.5 Å². The van der Waals surface area contributed by atoms with E-state index in [1.54, 1.807) is 31.0 Å². The number of methoxy groups -OCH3 is 1. The number of benzene rings is 2. The largest absolute Gasteiger partial charge is 0.508 e. The Morgan fingerprint density at radius 1 is 1.19 bits per heavy atom. The summed E-state index contributed by atoms with van der Waals surface area (Å²) in [6.45, 7) is 3.29. The molecule has 8 heteroatoms. The maximum atomic E-state index is 12.2. The molecular formula is C23H28N4O3S. The van der Waals surface area contributed by atoms with Gasteiger partial charge in [0.05, 0.1) is 0 Å². The number of aromatic nitrogens is 3. The van der Waals surface area contributed by atoms with Crippen molar-refractivity contribution in [3.63, 3.8) is 0 Å². The normalized spacial score (nSPS) is 10.9. The minimum Gasteiger partial charge on any atom is -0.508 e. The molecule has 0 radical (unpaired) electrons. The van der Waals surface area contributed by atoms with Crippen molar-refractivity contribution >= 4 is 17.7 Å². The fraction of sp³-hybridized carbons (Fsp3) is 0.348. The Hall–Kier alpha value is -2.84. The molecule has 7 nitrogen and oxygen atoms in total. The van der Waals surface area contributed by atoms with Gasteiger partial charge < -0.3 is 15.2 Å². The molecule has 3 rings (SSSR count). The van der Waals surface area contributed by atoms with Gasteiger partial charge in [-0.2, -0.15) is 0 Å². The zero-order chi connectivity index (χ0) is 22.1. The minimum absolute atomic E-state index is 0.0228. The van der Waals surface area contributed by atoms with Crippen molar-refractivity contribution in [2.24, 2.45) is 0 Å². The molecule has 0 aliphatic rings. The van der Waals surface area contributed by atoms with Gasteiger partial charge in [0.25, 0.3) is 0 Å². The number of thioether (sulfide) groups is 1. The Labute approximate surface area is 186 Å². The summed E-state index contributed by atoms with van der Waals surface area (Å²) in [4.78, 5) is 12.2. The van der Waals surface area contributed by atoms with Crippen molar-refractivity contribution in [1.29, 1.82) is 0 Å². The van der Waals surface area contributed by atoms with E-state index >= 15 is 0 Å². The molecule has 0 saturated carbocycles. The van der Waals surface area contributed by atoms with Crippen molar-refractivity contribution < 1.29 is 14.6 Å². The number of aryl methyl sites for hydroxylation is 2. The first kappa shape index (κ1) is 22.8. The van der Waals surface area contributed by atoms with Gasteiger partial charge in [0.15, 0.2) is 5.16 Å². The third kappa shape index (κ3) is 6.83. The lowest BCUT2D eigenvalue weighted by Gasteiger charge is -2.11. The van der Waals surface area contributed by atoms with Gasteiger partial charge in [-0.05, 0) is 43.2 Å². The third-order valence-electron chi connectivity index (χ3n) is 4.68. The smallest absolute Gasteiger partial charge is 0.220 e. The van der Waals surface area contributed by atoms with Gasteiger partial charge in [-0.3, -0.25) is 9.36 Å². The van der Waals surface area contributed by atoms with E-state index < -0.39 is 0 Å². The topological polar surface area (TPSA) is 89.3 Å². The second-order valence-corrected chi connectivity index (χ2v) is 8.17. The molecule has 0 fully saturated rings. The van der Waals surface area contributed by atoms with E-state index in [9.17, 15) is 9.90 Å². The number of rotatable bonds is 11. The maximum absolute atomic E-state index is 12.2. The second kappa shape index (κ2) is 11.5. The number of phenolic OH excluding ortho intramolecular Hbond substituents is 1. The van der Waals surface area contributed by atoms with E-state index in [-0.39, 0.29) is 11.7 Å². The Morgan fingerprint density at radius 3 is 2.74 bits per heavy atom. The minimum atomic E-state index is -0.0228. The summed E-state index contributed by atoms with van der Waals surface area (Å²) in [6.07, 6.45) is 1.58. The van der Waals surface area contributed by atoms with Crippen LogP contribution >= 0.6 is 11.8 Å². The molecule has 0 aliphatic carbocycles. The second-order valence-electron chi connectivity index (χ2n) is 7.22. The van der Waals surface area contributed by atoms with E-state index in [1.165, 1.54) is 11.1 Å². The van der Waals surface area contributed by atoms with Crippen LogP contribution in [-0.2, 0) is 21.7 Å². The van der Waals surface area contributed by atoms with Gasteiger partial charge in [-0.25, -0.2) is 0 Å². The van der Waals surface area contributed by atoms with Crippen molar-refractivity contribution in [1.82, 2.24) is 20.1 Å². The number of amides is 1.